The normalized spacial score (nSPS) is 10.3. The van der Waals surface area contributed by atoms with Crippen molar-refractivity contribution in [2.24, 2.45) is 0 Å². The number of aromatic nitrogens is 3. The van der Waals surface area contributed by atoms with Crippen LogP contribution in [-0.2, 0) is 0 Å². The van der Waals surface area contributed by atoms with Crippen LogP contribution in [0.1, 0.15) is 44.9 Å². The van der Waals surface area contributed by atoms with Gasteiger partial charge in [-0.15, -0.1) is 0 Å². The Hall–Kier alpha value is -1.38. The monoisotopic (exact) mass is 205 g/mol. The smallest absolute Gasteiger partial charge is 0.158 e. The van der Waals surface area contributed by atoms with E-state index in [2.05, 4.69) is 23.9 Å². The molecular formula is C12H19N3. The van der Waals surface area contributed by atoms with Crippen LogP contribution in [-0.4, -0.2) is 14.6 Å². The van der Waals surface area contributed by atoms with Crippen molar-refractivity contribution in [3.05, 3.63) is 29.7 Å². The molecular weight excluding hydrogens is 186 g/mol. The van der Waals surface area contributed by atoms with Gasteiger partial charge in [0.15, 0.2) is 5.65 Å². The van der Waals surface area contributed by atoms with Crippen LogP contribution in [0.25, 0.3) is 5.65 Å². The van der Waals surface area contributed by atoms with Crippen LogP contribution in [0, 0.1) is 6.92 Å². The molecule has 0 fully saturated rings. The van der Waals surface area contributed by atoms with Gasteiger partial charge in [0.2, 0.25) is 0 Å². The third-order valence-corrected chi connectivity index (χ3v) is 2.19. The van der Waals surface area contributed by atoms with Crippen LogP contribution in [0.5, 0.6) is 0 Å². The molecule has 0 bridgehead atoms. The first-order chi connectivity index (χ1) is 7.20. The van der Waals surface area contributed by atoms with Gasteiger partial charge < -0.3 is 0 Å². The van der Waals surface area contributed by atoms with E-state index < -0.39 is 0 Å². The Bertz CT molecular complexity index is 429. The number of hydrogen-bond acceptors (Lipinski definition) is 2. The molecule has 0 unspecified atom stereocenters. The highest BCUT2D eigenvalue weighted by Gasteiger charge is 2.12. The van der Waals surface area contributed by atoms with Gasteiger partial charge in [-0.05, 0) is 18.9 Å². The predicted octanol–water partition coefficient (Wildman–Crippen LogP) is 3.19. The van der Waals surface area contributed by atoms with E-state index in [1.807, 2.05) is 43.7 Å². The van der Waals surface area contributed by atoms with Gasteiger partial charge in [0.25, 0.3) is 0 Å². The Labute approximate surface area is 91.2 Å². The Balaban J connectivity index is 0.000000531. The second kappa shape index (κ2) is 4.91. The number of rotatable bonds is 1. The molecule has 2 aromatic rings. The first-order valence-electron chi connectivity index (χ1n) is 5.50. The summed E-state index contributed by atoms with van der Waals surface area (Å²) < 4.78 is 1.84. The van der Waals surface area contributed by atoms with Crippen LogP contribution in [0.4, 0.5) is 0 Å². The summed E-state index contributed by atoms with van der Waals surface area (Å²) in [5, 5.41) is 4.39. The van der Waals surface area contributed by atoms with Crippen molar-refractivity contribution in [2.75, 3.05) is 0 Å². The van der Waals surface area contributed by atoms with Crippen molar-refractivity contribution in [3.63, 3.8) is 0 Å². The largest absolute Gasteiger partial charge is 0.237 e. The summed E-state index contributed by atoms with van der Waals surface area (Å²) in [4.78, 5) is 4.32. The van der Waals surface area contributed by atoms with E-state index in [4.69, 9.17) is 0 Å². The zero-order valence-corrected chi connectivity index (χ0v) is 10.2. The maximum absolute atomic E-state index is 4.39. The van der Waals surface area contributed by atoms with Crippen LogP contribution >= 0.6 is 0 Å². The average Bonchev–Trinajstić information content (AvgIpc) is 2.56. The lowest BCUT2D eigenvalue weighted by atomic mass is 10.0. The highest BCUT2D eigenvalue weighted by atomic mass is 15.2. The molecule has 0 amide bonds. The van der Waals surface area contributed by atoms with E-state index in [1.165, 1.54) is 5.56 Å². The van der Waals surface area contributed by atoms with Crippen LogP contribution in [0.2, 0.25) is 0 Å². The van der Waals surface area contributed by atoms with Crippen molar-refractivity contribution in [1.29, 1.82) is 0 Å². The third kappa shape index (κ3) is 2.17. The summed E-state index contributed by atoms with van der Waals surface area (Å²) in [6, 6.07) is 1.89. The fourth-order valence-electron chi connectivity index (χ4n) is 1.69. The minimum Gasteiger partial charge on any atom is -0.237 e. The lowest BCUT2D eigenvalue weighted by Crippen LogP contribution is -1.91. The van der Waals surface area contributed by atoms with E-state index in [0.717, 1.165) is 11.3 Å². The number of nitrogens with zero attached hydrogens (tertiary/aromatic N) is 3. The van der Waals surface area contributed by atoms with Crippen LogP contribution in [0.3, 0.4) is 0 Å². The molecule has 0 spiro atoms. The molecule has 2 heterocycles. The minimum absolute atomic E-state index is 0.479. The molecule has 0 radical (unpaired) electrons. The molecule has 0 saturated carbocycles. The Morgan fingerprint density at radius 2 is 1.93 bits per heavy atom. The fourth-order valence-corrected chi connectivity index (χ4v) is 1.69. The maximum atomic E-state index is 4.39. The number of fused-ring (bicyclic) bond motifs is 1. The second-order valence-corrected chi connectivity index (χ2v) is 3.54. The van der Waals surface area contributed by atoms with Gasteiger partial charge in [-0.25, -0.2) is 9.50 Å². The van der Waals surface area contributed by atoms with Crippen molar-refractivity contribution >= 4 is 5.65 Å². The quantitative estimate of drug-likeness (QED) is 0.715. The molecule has 0 atom stereocenters. The highest BCUT2D eigenvalue weighted by Crippen LogP contribution is 2.21. The molecule has 2 rings (SSSR count). The van der Waals surface area contributed by atoms with E-state index in [-0.39, 0.29) is 0 Å². The summed E-state index contributed by atoms with van der Waals surface area (Å²) in [5.74, 6) is 0.479. The van der Waals surface area contributed by atoms with Gasteiger partial charge in [0.05, 0.1) is 5.69 Å². The molecule has 15 heavy (non-hydrogen) atoms. The molecule has 2 aromatic heterocycles. The molecule has 0 N–H and O–H groups in total. The van der Waals surface area contributed by atoms with Gasteiger partial charge in [0, 0.05) is 18.0 Å². The number of aryl methyl sites for hydroxylation is 1. The maximum Gasteiger partial charge on any atom is 0.158 e. The zero-order chi connectivity index (χ0) is 11.4. The first kappa shape index (κ1) is 11.7. The zero-order valence-electron chi connectivity index (χ0n) is 10.2. The van der Waals surface area contributed by atoms with Gasteiger partial charge in [0.1, 0.15) is 0 Å². The molecule has 0 aliphatic rings. The van der Waals surface area contributed by atoms with Crippen molar-refractivity contribution < 1.29 is 0 Å². The van der Waals surface area contributed by atoms with Crippen LogP contribution in [0.15, 0.2) is 18.5 Å². The highest BCUT2D eigenvalue weighted by molar-refractivity contribution is 5.50. The predicted molar refractivity (Wildman–Crippen MR) is 63.2 cm³/mol. The van der Waals surface area contributed by atoms with Crippen molar-refractivity contribution in [2.45, 2.75) is 40.5 Å². The van der Waals surface area contributed by atoms with E-state index in [0.29, 0.717) is 5.92 Å². The SMILES string of the molecule is CC.Cc1nn2cccnc2c1C(C)C. The Kier molecular flexibility index (Phi) is 3.83. The van der Waals surface area contributed by atoms with Gasteiger partial charge in [-0.2, -0.15) is 5.10 Å². The molecule has 0 aromatic carbocycles. The molecule has 82 valence electrons. The lowest BCUT2D eigenvalue weighted by molar-refractivity contribution is 0.860. The Morgan fingerprint density at radius 1 is 1.27 bits per heavy atom. The first-order valence-corrected chi connectivity index (χ1v) is 5.50. The van der Waals surface area contributed by atoms with Gasteiger partial charge >= 0.3 is 0 Å². The van der Waals surface area contributed by atoms with E-state index in [9.17, 15) is 0 Å². The molecule has 3 heteroatoms. The second-order valence-electron chi connectivity index (χ2n) is 3.54. The molecule has 0 aliphatic heterocycles. The summed E-state index contributed by atoms with van der Waals surface area (Å²) in [6.45, 7) is 10.4. The Morgan fingerprint density at radius 3 is 2.53 bits per heavy atom. The molecule has 3 nitrogen and oxygen atoms in total. The summed E-state index contributed by atoms with van der Waals surface area (Å²) in [6.07, 6.45) is 3.74. The fraction of sp³-hybridized carbons (Fsp3) is 0.500. The average molecular weight is 205 g/mol. The van der Waals surface area contributed by atoms with E-state index in [1.54, 1.807) is 0 Å². The lowest BCUT2D eigenvalue weighted by Gasteiger charge is -2.01. The van der Waals surface area contributed by atoms with Crippen molar-refractivity contribution in [1.82, 2.24) is 14.6 Å². The van der Waals surface area contributed by atoms with Gasteiger partial charge in [-0.1, -0.05) is 27.7 Å². The number of hydrogen-bond donors (Lipinski definition) is 0. The molecule has 0 saturated heterocycles. The summed E-state index contributed by atoms with van der Waals surface area (Å²) in [5.41, 5.74) is 3.31. The summed E-state index contributed by atoms with van der Waals surface area (Å²) >= 11 is 0. The van der Waals surface area contributed by atoms with Gasteiger partial charge in [-0.3, -0.25) is 0 Å². The van der Waals surface area contributed by atoms with E-state index >= 15 is 0 Å². The summed E-state index contributed by atoms with van der Waals surface area (Å²) in [7, 11) is 0. The molecule has 0 aliphatic carbocycles. The minimum atomic E-state index is 0.479. The standard InChI is InChI=1S/C10H13N3.C2H6/c1-7(2)9-8(3)12-13-6-4-5-11-10(9)13;1-2/h4-7H,1-3H3;1-2H3. The topological polar surface area (TPSA) is 30.2 Å². The third-order valence-electron chi connectivity index (χ3n) is 2.19. The van der Waals surface area contributed by atoms with Crippen molar-refractivity contribution in [3.8, 4) is 0 Å². The van der Waals surface area contributed by atoms with Crippen LogP contribution < -0.4 is 0 Å².